The number of rotatable bonds is 3. The molecule has 6 heteroatoms. The topological polar surface area (TPSA) is 36.0 Å². The second-order valence-electron chi connectivity index (χ2n) is 34.6. The minimum absolute atomic E-state index is 0.000253. The van der Waals surface area contributed by atoms with Crippen LogP contribution >= 0.6 is 0 Å². The smallest absolute Gasteiger partial charge is 0.302 e. The van der Waals surface area contributed by atoms with Gasteiger partial charge in [0.05, 0.1) is 16.9 Å². The highest BCUT2D eigenvalue weighted by atomic mass is 16.4. The maximum Gasteiger partial charge on any atom is 0.302 e. The summed E-state index contributed by atoms with van der Waals surface area (Å²) in [5, 5.41) is 2.41. The summed E-state index contributed by atoms with van der Waals surface area (Å²) in [6.45, 7) is 44.5. The van der Waals surface area contributed by atoms with Crippen LogP contribution in [0.15, 0.2) is 106 Å². The van der Waals surface area contributed by atoms with Gasteiger partial charge >= 0.3 is 6.71 Å². The van der Waals surface area contributed by atoms with Crippen LogP contribution in [0, 0.1) is 0 Å². The van der Waals surface area contributed by atoms with Crippen LogP contribution < -0.4 is 31.3 Å². The van der Waals surface area contributed by atoms with Crippen molar-refractivity contribution in [1.82, 2.24) is 0 Å². The van der Waals surface area contributed by atoms with E-state index in [0.717, 1.165) is 73.3 Å². The first-order valence-electron chi connectivity index (χ1n) is 33.5. The molecule has 1 saturated carbocycles. The van der Waals surface area contributed by atoms with Gasteiger partial charge in [-0.15, -0.1) is 0 Å². The summed E-state index contributed by atoms with van der Waals surface area (Å²) in [5.74, 6) is 0.918. The second kappa shape index (κ2) is 17.0. The lowest BCUT2D eigenvalue weighted by Gasteiger charge is -2.51. The minimum Gasteiger partial charge on any atom is -0.468 e. The van der Waals surface area contributed by atoms with Gasteiger partial charge in [0.2, 0.25) is 5.88 Å². The normalized spacial score (nSPS) is 25.7. The van der Waals surface area contributed by atoms with Crippen LogP contribution in [0.1, 0.15) is 252 Å². The zero-order valence-corrected chi connectivity index (χ0v) is 55.5. The third-order valence-electron chi connectivity index (χ3n) is 25.7. The molecule has 86 heavy (non-hydrogen) atoms. The van der Waals surface area contributed by atoms with Crippen LogP contribution in [-0.2, 0) is 48.7 Å². The maximum absolute atomic E-state index is 8.00. The van der Waals surface area contributed by atoms with Crippen molar-refractivity contribution in [1.29, 1.82) is 0 Å². The van der Waals surface area contributed by atoms with Gasteiger partial charge in [-0.1, -0.05) is 161 Å². The van der Waals surface area contributed by atoms with Gasteiger partial charge in [0.25, 0.3) is 0 Å². The molecule has 2 unspecified atom stereocenters. The van der Waals surface area contributed by atoms with Crippen LogP contribution in [0.3, 0.4) is 0 Å². The summed E-state index contributed by atoms with van der Waals surface area (Å²) < 4.78 is 15.9. The van der Waals surface area contributed by atoms with Gasteiger partial charge in [-0.25, -0.2) is 0 Å². The predicted molar refractivity (Wildman–Crippen MR) is 364 cm³/mol. The quantitative estimate of drug-likeness (QED) is 0.165. The van der Waals surface area contributed by atoms with Crippen molar-refractivity contribution in [3.63, 3.8) is 0 Å². The number of para-hydroxylation sites is 1. The number of furan rings is 2. The number of nitrogens with zero attached hydrogens (tertiary/aromatic N) is 3. The molecule has 2 atom stereocenters. The summed E-state index contributed by atoms with van der Waals surface area (Å²) >= 11 is 0. The van der Waals surface area contributed by atoms with E-state index >= 15 is 0 Å². The van der Waals surface area contributed by atoms with Crippen LogP contribution in [0.5, 0.6) is 0 Å². The molecule has 8 aromatic rings. The highest BCUT2D eigenvalue weighted by Crippen LogP contribution is 2.63. The molecule has 0 N–H and O–H groups in total. The van der Waals surface area contributed by atoms with Crippen molar-refractivity contribution < 1.29 is 8.83 Å². The predicted octanol–water partition coefficient (Wildman–Crippen LogP) is 20.4. The van der Waals surface area contributed by atoms with E-state index in [9.17, 15) is 0 Å². The minimum atomic E-state index is -0.279. The Morgan fingerprint density at radius 2 is 0.779 bits per heavy atom. The largest absolute Gasteiger partial charge is 0.468 e. The fourth-order valence-corrected chi connectivity index (χ4v) is 19.3. The molecule has 3 aliphatic heterocycles. The molecule has 0 radical (unpaired) electrons. The average Bonchev–Trinajstić information content (AvgIpc) is 1.43. The average molecular weight is 1140 g/mol. The first kappa shape index (κ1) is 55.2. The molecular formula is C80H94BN3O2. The molecule has 1 fully saturated rings. The van der Waals surface area contributed by atoms with Gasteiger partial charge in [0, 0.05) is 55.8 Å². The molecule has 0 bridgehead atoms. The Morgan fingerprint density at radius 3 is 1.31 bits per heavy atom. The molecule has 444 valence electrons. The van der Waals surface area contributed by atoms with Crippen molar-refractivity contribution >= 4 is 90.9 Å². The van der Waals surface area contributed by atoms with Crippen molar-refractivity contribution in [2.24, 2.45) is 0 Å². The monoisotopic (exact) mass is 1140 g/mol. The van der Waals surface area contributed by atoms with Gasteiger partial charge in [0.15, 0.2) is 0 Å². The van der Waals surface area contributed by atoms with Crippen LogP contribution in [0.4, 0.5) is 45.7 Å². The molecule has 5 nitrogen and oxygen atoms in total. The number of fused-ring (bicyclic) bond motifs is 15. The third-order valence-corrected chi connectivity index (χ3v) is 25.7. The number of anilines is 8. The number of hydrogen-bond donors (Lipinski definition) is 0. The molecule has 0 amide bonds. The molecule has 5 heterocycles. The Kier molecular flexibility index (Phi) is 10.9. The molecule has 16 rings (SSSR count). The van der Waals surface area contributed by atoms with E-state index in [0.29, 0.717) is 0 Å². The summed E-state index contributed by atoms with van der Waals surface area (Å²) in [5.41, 5.74) is 27.0. The SMILES string of the molecule is CC1(C)CCC(C)(C)c2cc(N3c4cc(N5c6ccccc6C6(C)CCCCC56C)cc5c4B(c4oc6cc7c(cc6c4N5c4ccc5c(c4)C(C)(C)CCC5(C)C)C(C)(C)CCC7(C)C)c4c3oc3cc5c(cc43)C(C)(C)CCC5(C)C)ccc21. The first-order valence-corrected chi connectivity index (χ1v) is 33.5. The van der Waals surface area contributed by atoms with Crippen molar-refractivity contribution in [2.75, 3.05) is 14.7 Å². The van der Waals surface area contributed by atoms with E-state index in [4.69, 9.17) is 8.83 Å². The zero-order chi connectivity index (χ0) is 60.4. The van der Waals surface area contributed by atoms with Crippen LogP contribution in [0.2, 0.25) is 0 Å². The number of hydrogen-bond acceptors (Lipinski definition) is 5. The summed E-state index contributed by atoms with van der Waals surface area (Å²) in [6.07, 6.45) is 13.9. The first-order chi connectivity index (χ1) is 40.3. The van der Waals surface area contributed by atoms with Crippen LogP contribution in [-0.4, -0.2) is 12.3 Å². The Morgan fingerprint density at radius 1 is 0.349 bits per heavy atom. The van der Waals surface area contributed by atoms with E-state index < -0.39 is 0 Å². The van der Waals surface area contributed by atoms with E-state index in [1.54, 1.807) is 0 Å². The van der Waals surface area contributed by atoms with E-state index in [1.165, 1.54) is 138 Å². The third kappa shape index (κ3) is 7.19. The number of benzene rings is 6. The molecule has 6 aromatic carbocycles. The fraction of sp³-hybridized carbons (Fsp3) is 0.500. The van der Waals surface area contributed by atoms with Gasteiger partial charge < -0.3 is 18.6 Å². The van der Waals surface area contributed by atoms with E-state index in [2.05, 4.69) is 236 Å². The van der Waals surface area contributed by atoms with Crippen molar-refractivity contribution in [3.8, 4) is 0 Å². The van der Waals surface area contributed by atoms with E-state index in [1.807, 2.05) is 0 Å². The van der Waals surface area contributed by atoms with Gasteiger partial charge in [0.1, 0.15) is 11.2 Å². The molecule has 5 aliphatic carbocycles. The van der Waals surface area contributed by atoms with Gasteiger partial charge in [-0.3, -0.25) is 4.90 Å². The molecule has 8 aliphatic rings. The zero-order valence-electron chi connectivity index (χ0n) is 55.5. The standard InChI is InChI=1S/C80H94BN3O2/c1-71(2)31-33-73(5,6)55-39-47(25-27-52(55)71)82-62-41-49(84-61-24-20-19-23-54(61)79(17)29-21-22-30-80(79,84)18)42-63-67(62)81(69-68(82)51-44-58-60(46-65(51)85-69)78(15,16)38-36-76(58,11)12)66-50-43-57-59(77(13,14)37-35-75(57,9)10)45-64(50)86-70(66)83(63)48-26-28-53-56(40-48)74(7,8)34-32-72(53,3)4/h19-20,23-28,39-46H,21-22,29-38H2,1-18H3. The summed E-state index contributed by atoms with van der Waals surface area (Å²) in [7, 11) is 0. The van der Waals surface area contributed by atoms with Gasteiger partial charge in [-0.05, 0) is 237 Å². The van der Waals surface area contributed by atoms with Crippen molar-refractivity contribution in [3.05, 3.63) is 147 Å². The Labute approximate surface area is 514 Å². The molecule has 0 spiro atoms. The lowest BCUT2D eigenvalue weighted by Crippen LogP contribution is -2.61. The second-order valence-corrected chi connectivity index (χ2v) is 34.6. The maximum atomic E-state index is 8.00. The van der Waals surface area contributed by atoms with E-state index in [-0.39, 0.29) is 61.0 Å². The Balaban J connectivity index is 1.09. The molecular weight excluding hydrogens is 1050 g/mol. The highest BCUT2D eigenvalue weighted by Gasteiger charge is 2.59. The lowest BCUT2D eigenvalue weighted by atomic mass is 9.35. The van der Waals surface area contributed by atoms with Crippen molar-refractivity contribution in [2.45, 2.75) is 256 Å². The van der Waals surface area contributed by atoms with Gasteiger partial charge in [-0.2, -0.15) is 0 Å². The van der Waals surface area contributed by atoms with Crippen LogP contribution in [0.25, 0.3) is 21.9 Å². The fourth-order valence-electron chi connectivity index (χ4n) is 19.3. The molecule has 2 aromatic heterocycles. The Hall–Kier alpha value is -6.14. The highest BCUT2D eigenvalue weighted by molar-refractivity contribution is 7.01. The summed E-state index contributed by atoms with van der Waals surface area (Å²) in [6, 6.07) is 40.1. The lowest BCUT2D eigenvalue weighted by molar-refractivity contribution is 0.195. The molecule has 0 saturated heterocycles. The Bertz CT molecular complexity index is 4280. The summed E-state index contributed by atoms with van der Waals surface area (Å²) in [4.78, 5) is 8.17.